The molecule has 0 saturated heterocycles. The van der Waals surface area contributed by atoms with Crippen molar-refractivity contribution in [2.24, 2.45) is 0 Å². The van der Waals surface area contributed by atoms with Crippen molar-refractivity contribution in [3.8, 4) is 5.75 Å². The van der Waals surface area contributed by atoms with E-state index in [2.05, 4.69) is 0 Å². The molecule has 0 spiro atoms. The fourth-order valence-electron chi connectivity index (χ4n) is 2.37. The maximum Gasteiger partial charge on any atom is 0.475 e. The Morgan fingerprint density at radius 3 is 2.14 bits per heavy atom. The molecule has 7 nitrogen and oxygen atoms in total. The van der Waals surface area contributed by atoms with Crippen molar-refractivity contribution in [3.63, 3.8) is 0 Å². The maximum atomic E-state index is 13.8. The van der Waals surface area contributed by atoms with Gasteiger partial charge in [0, 0.05) is 11.0 Å². The van der Waals surface area contributed by atoms with Crippen LogP contribution in [0.2, 0.25) is 0 Å². The van der Waals surface area contributed by atoms with Gasteiger partial charge in [-0.2, -0.15) is 43.9 Å². The highest BCUT2D eigenvalue weighted by atomic mass is 32.2. The maximum absolute atomic E-state index is 13.8. The van der Waals surface area contributed by atoms with Crippen molar-refractivity contribution in [1.29, 1.82) is 0 Å². The van der Waals surface area contributed by atoms with Crippen LogP contribution in [0.1, 0.15) is 0 Å². The molecule has 1 N–H and O–H groups in total. The largest absolute Gasteiger partial charge is 0.477 e. The van der Waals surface area contributed by atoms with Crippen LogP contribution >= 0.6 is 11.8 Å². The molecule has 0 aliphatic carbocycles. The van der Waals surface area contributed by atoms with Crippen LogP contribution in [0.5, 0.6) is 5.75 Å². The van der Waals surface area contributed by atoms with E-state index in [1.165, 1.54) is 0 Å². The number of hydrogen-bond donors (Lipinski definition) is 1. The number of benzene rings is 2. The SMILES string of the molecule is O=C(COc1ccc(S(=O)C(F)(F)F)cc1[N+](=O)[O-])Nc1ccccc1SC(F)(F)C(F)(F)C(F)(F)F. The van der Waals surface area contributed by atoms with Crippen molar-refractivity contribution in [1.82, 2.24) is 0 Å². The van der Waals surface area contributed by atoms with Gasteiger partial charge in [0.15, 0.2) is 23.2 Å². The van der Waals surface area contributed by atoms with Crippen molar-refractivity contribution in [2.75, 3.05) is 11.9 Å². The number of halogens is 10. The number of ether oxygens (including phenoxy) is 1. The van der Waals surface area contributed by atoms with Crippen LogP contribution in [-0.2, 0) is 15.6 Å². The van der Waals surface area contributed by atoms with Gasteiger partial charge in [0.1, 0.15) is 0 Å². The summed E-state index contributed by atoms with van der Waals surface area (Å²) in [5.74, 6) is -8.47. The highest BCUT2D eigenvalue weighted by Crippen LogP contribution is 2.54. The Kier molecular flexibility index (Phi) is 8.73. The monoisotopic (exact) mass is 588 g/mol. The summed E-state index contributed by atoms with van der Waals surface area (Å²) in [4.78, 5) is 20.1. The van der Waals surface area contributed by atoms with Crippen LogP contribution in [0.25, 0.3) is 0 Å². The number of anilines is 1. The molecule has 0 aromatic heterocycles. The van der Waals surface area contributed by atoms with Gasteiger partial charge in [-0.05, 0) is 36.0 Å². The van der Waals surface area contributed by atoms with Crippen LogP contribution in [0.15, 0.2) is 52.3 Å². The zero-order chi connectivity index (χ0) is 28.4. The third-order valence-corrected chi connectivity index (χ3v) is 6.22. The molecular weight excluding hydrogens is 578 g/mol. The first kappa shape index (κ1) is 30.1. The molecule has 0 aliphatic rings. The van der Waals surface area contributed by atoms with Crippen molar-refractivity contribution in [3.05, 3.63) is 52.6 Å². The lowest BCUT2D eigenvalue weighted by Gasteiger charge is -2.28. The first-order valence-electron chi connectivity index (χ1n) is 9.08. The van der Waals surface area contributed by atoms with Crippen molar-refractivity contribution >= 4 is 39.8 Å². The van der Waals surface area contributed by atoms with Crippen LogP contribution in [-0.4, -0.2) is 44.5 Å². The molecule has 19 heteroatoms. The summed E-state index contributed by atoms with van der Waals surface area (Å²) < 4.78 is 145. The van der Waals surface area contributed by atoms with E-state index >= 15 is 0 Å². The van der Waals surface area contributed by atoms with E-state index < -0.39 is 89.8 Å². The number of nitro groups is 1. The summed E-state index contributed by atoms with van der Waals surface area (Å²) in [6, 6.07) is 5.12. The second kappa shape index (κ2) is 10.7. The van der Waals surface area contributed by atoms with E-state index in [1.807, 2.05) is 5.32 Å². The van der Waals surface area contributed by atoms with E-state index in [0.717, 1.165) is 18.2 Å². The zero-order valence-corrected chi connectivity index (χ0v) is 19.0. The fourth-order valence-corrected chi connectivity index (χ4v) is 3.94. The summed E-state index contributed by atoms with van der Waals surface area (Å²) in [5.41, 5.74) is -7.00. The Hall–Kier alpha value is -3.09. The number of carbonyl (C=O) groups is 1. The van der Waals surface area contributed by atoms with E-state index in [-0.39, 0.29) is 6.07 Å². The van der Waals surface area contributed by atoms with E-state index in [1.54, 1.807) is 0 Å². The normalized spacial score (nSPS) is 13.7. The number of para-hydroxylation sites is 1. The highest BCUT2D eigenvalue weighted by molar-refractivity contribution is 8.00. The minimum Gasteiger partial charge on any atom is -0.477 e. The average molecular weight is 588 g/mol. The molecule has 2 aromatic rings. The predicted molar refractivity (Wildman–Crippen MR) is 108 cm³/mol. The van der Waals surface area contributed by atoms with Crippen LogP contribution in [0, 0.1) is 10.1 Å². The number of hydrogen-bond acceptors (Lipinski definition) is 6. The smallest absolute Gasteiger partial charge is 0.475 e. The van der Waals surface area contributed by atoms with Gasteiger partial charge >= 0.3 is 28.5 Å². The molecule has 2 rings (SSSR count). The zero-order valence-electron chi connectivity index (χ0n) is 17.3. The van der Waals surface area contributed by atoms with Gasteiger partial charge in [-0.15, -0.1) is 0 Å². The molecule has 0 aliphatic heterocycles. The predicted octanol–water partition coefficient (Wildman–Crippen LogP) is 6.12. The molecule has 2 aromatic carbocycles. The molecule has 0 heterocycles. The van der Waals surface area contributed by atoms with Crippen molar-refractivity contribution < 1.29 is 62.6 Å². The van der Waals surface area contributed by atoms with Gasteiger partial charge in [0.2, 0.25) is 0 Å². The number of nitro benzene ring substituents is 1. The summed E-state index contributed by atoms with van der Waals surface area (Å²) in [6.45, 7) is -1.14. The lowest BCUT2D eigenvalue weighted by Crippen LogP contribution is -2.49. The van der Waals surface area contributed by atoms with Gasteiger partial charge in [-0.1, -0.05) is 12.1 Å². The number of alkyl halides is 10. The van der Waals surface area contributed by atoms with Crippen LogP contribution in [0.3, 0.4) is 0 Å². The minimum absolute atomic E-state index is 0.283. The second-order valence-corrected chi connectivity index (χ2v) is 9.25. The van der Waals surface area contributed by atoms with E-state index in [9.17, 15) is 63.0 Å². The second-order valence-electron chi connectivity index (χ2n) is 6.63. The third kappa shape index (κ3) is 7.02. The Labute approximate surface area is 205 Å². The molecule has 0 radical (unpaired) electrons. The van der Waals surface area contributed by atoms with E-state index in [0.29, 0.717) is 18.2 Å². The molecule has 1 unspecified atom stereocenters. The lowest BCUT2D eigenvalue weighted by atomic mass is 10.3. The summed E-state index contributed by atoms with van der Waals surface area (Å²) in [7, 11) is -3.63. The number of thioether (sulfide) groups is 1. The lowest BCUT2D eigenvalue weighted by molar-refractivity contribution is -0.386. The molecule has 37 heavy (non-hydrogen) atoms. The molecule has 0 fully saturated rings. The molecule has 0 saturated carbocycles. The molecular formula is C18H10F10N2O5S2. The molecule has 204 valence electrons. The van der Waals surface area contributed by atoms with Gasteiger partial charge in [-0.3, -0.25) is 14.9 Å². The number of amides is 1. The highest BCUT2D eigenvalue weighted by Gasteiger charge is 2.73. The number of rotatable bonds is 9. The standard InChI is InChI=1S/C18H10F10N2O5S2/c19-15(20,16(21,22)23)17(24,25)36-13-4-2-1-3-10(13)29-14(31)8-35-12-6-5-9(7-11(12)30(32)33)37(34)18(26,27)28/h1-7H,8H2,(H,29,31). The van der Waals surface area contributed by atoms with Crippen LogP contribution in [0.4, 0.5) is 55.3 Å². The molecule has 0 bridgehead atoms. The quantitative estimate of drug-likeness (QED) is 0.164. The minimum atomic E-state index is -6.59. The Balaban J connectivity index is 2.20. The van der Waals surface area contributed by atoms with Gasteiger partial charge in [-0.25, -0.2) is 4.21 Å². The third-order valence-electron chi connectivity index (χ3n) is 4.03. The van der Waals surface area contributed by atoms with Crippen LogP contribution < -0.4 is 10.1 Å². The van der Waals surface area contributed by atoms with Gasteiger partial charge < -0.3 is 10.1 Å². The van der Waals surface area contributed by atoms with Gasteiger partial charge in [0.05, 0.1) is 15.5 Å². The molecule has 1 atom stereocenters. The summed E-state index contributed by atoms with van der Waals surface area (Å²) in [5, 5.41) is 7.33. The topological polar surface area (TPSA) is 98.5 Å². The first-order chi connectivity index (χ1) is 16.8. The van der Waals surface area contributed by atoms with Gasteiger partial charge in [0.25, 0.3) is 5.91 Å². The summed E-state index contributed by atoms with van der Waals surface area (Å²) >= 11 is -1.19. The number of nitrogens with one attached hydrogen (secondary N) is 1. The Morgan fingerprint density at radius 2 is 1.59 bits per heavy atom. The summed E-state index contributed by atoms with van der Waals surface area (Å²) in [6.07, 6.45) is -6.59. The fraction of sp³-hybridized carbons (Fsp3) is 0.278. The first-order valence-corrected chi connectivity index (χ1v) is 11.0. The number of carbonyl (C=O) groups excluding carboxylic acids is 1. The average Bonchev–Trinajstić information content (AvgIpc) is 2.76. The Morgan fingerprint density at radius 1 is 1.00 bits per heavy atom. The Bertz CT molecular complexity index is 1200. The van der Waals surface area contributed by atoms with Crippen molar-refractivity contribution in [2.45, 2.75) is 32.7 Å². The number of nitrogens with zero attached hydrogens (tertiary/aromatic N) is 1. The van der Waals surface area contributed by atoms with E-state index in [4.69, 9.17) is 4.74 Å². The molecule has 1 amide bonds.